The molecule has 0 radical (unpaired) electrons. The van der Waals surface area contributed by atoms with Crippen molar-refractivity contribution in [3.63, 3.8) is 0 Å². The predicted molar refractivity (Wildman–Crippen MR) is 182 cm³/mol. The number of allylic oxidation sites excluding steroid dienone is 1. The van der Waals surface area contributed by atoms with Gasteiger partial charge < -0.3 is 23.7 Å². The van der Waals surface area contributed by atoms with E-state index in [9.17, 15) is 9.59 Å². The minimum atomic E-state index is -0.786. The Bertz CT molecular complexity index is 1990. The molecule has 3 aromatic carbocycles. The third-order valence-electron chi connectivity index (χ3n) is 7.43. The van der Waals surface area contributed by atoms with Crippen LogP contribution in [0, 0.1) is 6.92 Å². The van der Waals surface area contributed by atoms with Crippen molar-refractivity contribution < 1.29 is 28.5 Å². The van der Waals surface area contributed by atoms with Gasteiger partial charge in [-0.15, -0.1) is 0 Å². The van der Waals surface area contributed by atoms with Crippen LogP contribution < -0.4 is 33.8 Å². The van der Waals surface area contributed by atoms with Gasteiger partial charge in [-0.25, -0.2) is 9.79 Å². The smallest absolute Gasteiger partial charge is 0.338 e. The first-order valence-electron chi connectivity index (χ1n) is 15.6. The first-order chi connectivity index (χ1) is 22.6. The first-order valence-corrected chi connectivity index (χ1v) is 16.4. The van der Waals surface area contributed by atoms with Crippen molar-refractivity contribution >= 4 is 23.4 Å². The number of aryl methyl sites for hydroxylation is 1. The van der Waals surface area contributed by atoms with E-state index in [0.29, 0.717) is 62.4 Å². The van der Waals surface area contributed by atoms with Crippen LogP contribution in [0.25, 0.3) is 6.08 Å². The molecule has 47 heavy (non-hydrogen) atoms. The van der Waals surface area contributed by atoms with Crippen molar-refractivity contribution in [2.24, 2.45) is 4.99 Å². The van der Waals surface area contributed by atoms with Gasteiger partial charge in [0.1, 0.15) is 6.61 Å². The van der Waals surface area contributed by atoms with Crippen molar-refractivity contribution in [2.75, 3.05) is 20.3 Å². The molecule has 10 heteroatoms. The van der Waals surface area contributed by atoms with Crippen LogP contribution in [0.5, 0.6) is 23.0 Å². The fourth-order valence-electron chi connectivity index (χ4n) is 5.43. The first kappa shape index (κ1) is 33.5. The van der Waals surface area contributed by atoms with E-state index >= 15 is 0 Å². The number of fused-ring (bicyclic) bond motifs is 1. The number of methoxy groups -OCH3 is 1. The maximum absolute atomic E-state index is 14.2. The third kappa shape index (κ3) is 7.44. The highest BCUT2D eigenvalue weighted by atomic mass is 32.1. The van der Waals surface area contributed by atoms with Crippen molar-refractivity contribution in [1.29, 1.82) is 0 Å². The normalized spacial score (nSPS) is 14.5. The lowest BCUT2D eigenvalue weighted by molar-refractivity contribution is -0.139. The minimum absolute atomic E-state index is 0.0679. The molecular weight excluding hydrogens is 616 g/mol. The van der Waals surface area contributed by atoms with Crippen LogP contribution in [0.4, 0.5) is 0 Å². The topological polar surface area (TPSA) is 97.6 Å². The Hall–Kier alpha value is -4.83. The van der Waals surface area contributed by atoms with Crippen molar-refractivity contribution in [3.05, 3.63) is 114 Å². The molecule has 1 aliphatic heterocycles. The number of hydrogen-bond acceptors (Lipinski definition) is 9. The van der Waals surface area contributed by atoms with Crippen LogP contribution in [0.15, 0.2) is 81.7 Å². The van der Waals surface area contributed by atoms with Gasteiger partial charge in [0, 0.05) is 0 Å². The number of carbonyl (C=O) groups is 1. The number of carbonyl (C=O) groups excluding carboxylic acids is 1. The second kappa shape index (κ2) is 14.7. The van der Waals surface area contributed by atoms with Crippen molar-refractivity contribution in [1.82, 2.24) is 4.57 Å². The molecule has 0 N–H and O–H groups in total. The largest absolute Gasteiger partial charge is 0.493 e. The number of thiazole rings is 1. The monoisotopic (exact) mass is 656 g/mol. The Morgan fingerprint density at radius 1 is 0.957 bits per heavy atom. The maximum atomic E-state index is 14.2. The van der Waals surface area contributed by atoms with Gasteiger partial charge >= 0.3 is 5.97 Å². The summed E-state index contributed by atoms with van der Waals surface area (Å²) in [7, 11) is 1.56. The Kier molecular flexibility index (Phi) is 10.5. The fraction of sp³-hybridized carbons (Fsp3) is 0.324. The van der Waals surface area contributed by atoms with Crippen LogP contribution in [0.1, 0.15) is 62.9 Å². The number of nitrogens with zero attached hydrogens (tertiary/aromatic N) is 2. The summed E-state index contributed by atoms with van der Waals surface area (Å²) in [6.45, 7) is 12.4. The Morgan fingerprint density at radius 3 is 2.45 bits per heavy atom. The number of aromatic nitrogens is 1. The molecule has 9 nitrogen and oxygen atoms in total. The van der Waals surface area contributed by atoms with Crippen LogP contribution in [-0.4, -0.2) is 37.0 Å². The van der Waals surface area contributed by atoms with Gasteiger partial charge in [-0.1, -0.05) is 53.3 Å². The van der Waals surface area contributed by atoms with E-state index in [4.69, 9.17) is 23.7 Å². The molecule has 4 aromatic rings. The molecule has 0 bridgehead atoms. The molecule has 5 rings (SSSR count). The third-order valence-corrected chi connectivity index (χ3v) is 8.41. The molecule has 0 saturated heterocycles. The van der Waals surface area contributed by atoms with Crippen LogP contribution in [0.3, 0.4) is 0 Å². The van der Waals surface area contributed by atoms with E-state index in [1.165, 1.54) is 11.3 Å². The predicted octanol–water partition coefficient (Wildman–Crippen LogP) is 5.88. The lowest BCUT2D eigenvalue weighted by Crippen LogP contribution is -2.40. The highest BCUT2D eigenvalue weighted by Crippen LogP contribution is 2.36. The van der Waals surface area contributed by atoms with E-state index in [1.54, 1.807) is 43.7 Å². The summed E-state index contributed by atoms with van der Waals surface area (Å²) >= 11 is 1.25. The molecule has 0 spiro atoms. The molecule has 1 aromatic heterocycles. The number of esters is 1. The average Bonchev–Trinajstić information content (AvgIpc) is 3.33. The molecule has 0 unspecified atom stereocenters. The Labute approximate surface area is 278 Å². The Balaban J connectivity index is 1.58. The number of rotatable bonds is 12. The number of benzene rings is 3. The van der Waals surface area contributed by atoms with Gasteiger partial charge in [0.25, 0.3) is 5.56 Å². The summed E-state index contributed by atoms with van der Waals surface area (Å²) in [6.07, 6.45) is 1.73. The molecule has 2 heterocycles. The SMILES string of the molecule is CCOC(=O)C1=C(C)N=c2s/c(=C\c3ccc(OCc4cccc(C)c4)c(OCC)c3)c(=O)n2[C@@H]1c1ccc(OC(C)C)c(OC)c1. The summed E-state index contributed by atoms with van der Waals surface area (Å²) < 4.78 is 31.0. The van der Waals surface area contributed by atoms with Gasteiger partial charge in [-0.05, 0) is 88.6 Å². The second-order valence-electron chi connectivity index (χ2n) is 11.3. The maximum Gasteiger partial charge on any atom is 0.338 e. The summed E-state index contributed by atoms with van der Waals surface area (Å²) in [4.78, 5) is 32.7. The second-order valence-corrected chi connectivity index (χ2v) is 12.3. The van der Waals surface area contributed by atoms with Crippen molar-refractivity contribution in [3.8, 4) is 23.0 Å². The summed E-state index contributed by atoms with van der Waals surface area (Å²) in [6, 6.07) is 18.4. The average molecular weight is 657 g/mol. The van der Waals surface area contributed by atoms with Crippen LogP contribution >= 0.6 is 11.3 Å². The zero-order valence-electron chi connectivity index (χ0n) is 27.8. The van der Waals surface area contributed by atoms with Gasteiger partial charge in [-0.3, -0.25) is 9.36 Å². The van der Waals surface area contributed by atoms with Gasteiger partial charge in [-0.2, -0.15) is 0 Å². The summed E-state index contributed by atoms with van der Waals surface area (Å²) in [5.41, 5.74) is 4.14. The molecule has 246 valence electrons. The molecule has 0 aliphatic carbocycles. The summed E-state index contributed by atoms with van der Waals surface area (Å²) in [5.74, 6) is 1.71. The van der Waals surface area contributed by atoms with E-state index in [-0.39, 0.29) is 18.3 Å². The lowest BCUT2D eigenvalue weighted by atomic mass is 9.95. The highest BCUT2D eigenvalue weighted by molar-refractivity contribution is 7.07. The molecule has 0 amide bonds. The molecule has 1 atom stereocenters. The summed E-state index contributed by atoms with van der Waals surface area (Å²) in [5, 5.41) is 0. The molecule has 0 saturated carbocycles. The number of ether oxygens (including phenoxy) is 5. The Morgan fingerprint density at radius 2 is 1.74 bits per heavy atom. The lowest BCUT2D eigenvalue weighted by Gasteiger charge is -2.25. The number of hydrogen-bond donors (Lipinski definition) is 0. The van der Waals surface area contributed by atoms with Crippen LogP contribution in [0.2, 0.25) is 0 Å². The highest BCUT2D eigenvalue weighted by Gasteiger charge is 2.34. The van der Waals surface area contributed by atoms with E-state index in [0.717, 1.165) is 16.7 Å². The molecule has 0 fully saturated rings. The van der Waals surface area contributed by atoms with E-state index in [1.807, 2.05) is 70.2 Å². The van der Waals surface area contributed by atoms with E-state index in [2.05, 4.69) is 11.1 Å². The quantitative estimate of drug-likeness (QED) is 0.176. The van der Waals surface area contributed by atoms with Crippen LogP contribution in [-0.2, 0) is 16.1 Å². The standard InChI is InChI=1S/C37H40N2O7S/c1-8-43-31-18-25(13-15-28(31)45-21-26-12-10-11-23(5)17-26)19-32-35(40)39-34(27-14-16-29(46-22(3)4)30(20-27)42-7)33(36(41)44-9-2)24(6)38-37(39)47-32/h10-20,22,34H,8-9,21H2,1-7H3/b32-19-/t34-/m1/s1. The van der Waals surface area contributed by atoms with Crippen molar-refractivity contribution in [2.45, 2.75) is 60.3 Å². The van der Waals surface area contributed by atoms with Gasteiger partial charge in [0.2, 0.25) is 0 Å². The fourth-order valence-corrected chi connectivity index (χ4v) is 6.48. The van der Waals surface area contributed by atoms with E-state index < -0.39 is 12.0 Å². The van der Waals surface area contributed by atoms with Gasteiger partial charge in [0.05, 0.1) is 48.3 Å². The molecule has 1 aliphatic rings. The molecular formula is C37H40N2O7S. The zero-order chi connectivity index (χ0) is 33.7. The zero-order valence-corrected chi connectivity index (χ0v) is 28.6. The van der Waals surface area contributed by atoms with Gasteiger partial charge in [0.15, 0.2) is 27.8 Å². The minimum Gasteiger partial charge on any atom is -0.493 e.